The van der Waals surface area contributed by atoms with Gasteiger partial charge in [0.25, 0.3) is 5.91 Å². The summed E-state index contributed by atoms with van der Waals surface area (Å²) in [5, 5.41) is 7.76. The largest absolute Gasteiger partial charge is 0.434 e. The quantitative estimate of drug-likeness (QED) is 0.906. The molecule has 1 saturated heterocycles. The molecule has 7 nitrogen and oxygen atoms in total. The first-order valence-corrected chi connectivity index (χ1v) is 7.74. The molecular weight excluding hydrogens is 337 g/mol. The molecule has 1 aliphatic heterocycles. The van der Waals surface area contributed by atoms with E-state index in [1.807, 2.05) is 4.90 Å². The number of carbonyl (C=O) groups is 1. The fourth-order valence-electron chi connectivity index (χ4n) is 3.02. The summed E-state index contributed by atoms with van der Waals surface area (Å²) in [5.74, 6) is 0.148. The van der Waals surface area contributed by atoms with Crippen molar-refractivity contribution in [3.05, 3.63) is 35.5 Å². The Morgan fingerprint density at radius 2 is 2.08 bits per heavy atom. The van der Waals surface area contributed by atoms with Crippen LogP contribution in [-0.4, -0.2) is 38.7 Å². The Labute approximate surface area is 141 Å². The van der Waals surface area contributed by atoms with Gasteiger partial charge in [0.05, 0.1) is 0 Å². The van der Waals surface area contributed by atoms with Gasteiger partial charge in [0.2, 0.25) is 0 Å². The lowest BCUT2D eigenvalue weighted by atomic mass is 9.97. The van der Waals surface area contributed by atoms with Crippen molar-refractivity contribution in [2.45, 2.75) is 24.9 Å². The number of aromatic nitrogens is 4. The minimum absolute atomic E-state index is 0.0660. The van der Waals surface area contributed by atoms with Crippen LogP contribution in [0.1, 0.15) is 40.8 Å². The van der Waals surface area contributed by atoms with E-state index in [9.17, 15) is 18.0 Å². The molecule has 3 rings (SSSR count). The van der Waals surface area contributed by atoms with Crippen molar-refractivity contribution in [1.29, 1.82) is 0 Å². The van der Waals surface area contributed by atoms with Crippen molar-refractivity contribution >= 4 is 11.7 Å². The number of primary amides is 1. The van der Waals surface area contributed by atoms with Crippen LogP contribution in [0.25, 0.3) is 0 Å². The van der Waals surface area contributed by atoms with Crippen LogP contribution in [0, 0.1) is 0 Å². The maximum Gasteiger partial charge on any atom is 0.434 e. The maximum atomic E-state index is 12.9. The molecular formula is C15H17F3N6O. The third kappa shape index (κ3) is 3.57. The molecule has 0 saturated carbocycles. The predicted octanol–water partition coefficient (Wildman–Crippen LogP) is 1.71. The van der Waals surface area contributed by atoms with Gasteiger partial charge < -0.3 is 15.2 Å². The fourth-order valence-corrected chi connectivity index (χ4v) is 3.02. The Morgan fingerprint density at radius 3 is 2.64 bits per heavy atom. The Morgan fingerprint density at radius 1 is 1.32 bits per heavy atom. The van der Waals surface area contributed by atoms with E-state index in [-0.39, 0.29) is 11.6 Å². The number of rotatable bonds is 3. The first kappa shape index (κ1) is 17.2. The topological polar surface area (TPSA) is 89.9 Å². The highest BCUT2D eigenvalue weighted by atomic mass is 19.4. The number of aryl methyl sites for hydroxylation is 1. The highest BCUT2D eigenvalue weighted by Crippen LogP contribution is 2.33. The van der Waals surface area contributed by atoms with Crippen molar-refractivity contribution in [1.82, 2.24) is 19.7 Å². The Bertz CT molecular complexity index is 771. The second-order valence-electron chi connectivity index (χ2n) is 6.02. The fraction of sp³-hybridized carbons (Fsp3) is 0.467. The zero-order chi connectivity index (χ0) is 18.2. The van der Waals surface area contributed by atoms with Crippen LogP contribution in [0.5, 0.6) is 0 Å². The molecule has 1 fully saturated rings. The molecule has 2 N–H and O–H groups in total. The molecule has 134 valence electrons. The van der Waals surface area contributed by atoms with Gasteiger partial charge in [-0.1, -0.05) is 0 Å². The van der Waals surface area contributed by atoms with Crippen LogP contribution in [0.2, 0.25) is 0 Å². The number of hydrogen-bond donors (Lipinski definition) is 1. The number of nitrogens with zero attached hydrogens (tertiary/aromatic N) is 5. The standard InChI is InChI=1S/C15H17F3N6O/c1-23-8-11(15(16,17)18)20-14(23)9-3-2-6-24(7-9)12-5-4-10(13(19)25)21-22-12/h4-5,8-9H,2-3,6-7H2,1H3,(H2,19,25). The van der Waals surface area contributed by atoms with Crippen LogP contribution < -0.4 is 10.6 Å². The van der Waals surface area contributed by atoms with Crippen LogP contribution in [0.3, 0.4) is 0 Å². The molecule has 2 aromatic heterocycles. The van der Waals surface area contributed by atoms with E-state index >= 15 is 0 Å². The Hall–Kier alpha value is -2.65. The van der Waals surface area contributed by atoms with Crippen molar-refractivity contribution in [2.24, 2.45) is 12.8 Å². The molecule has 0 aliphatic carbocycles. The van der Waals surface area contributed by atoms with Crippen LogP contribution in [0.4, 0.5) is 19.0 Å². The van der Waals surface area contributed by atoms with Crippen LogP contribution in [0.15, 0.2) is 18.3 Å². The van der Waals surface area contributed by atoms with Crippen molar-refractivity contribution in [3.63, 3.8) is 0 Å². The van der Waals surface area contributed by atoms with Crippen molar-refractivity contribution in [2.75, 3.05) is 18.0 Å². The molecule has 0 bridgehead atoms. The highest BCUT2D eigenvalue weighted by molar-refractivity contribution is 5.90. The van der Waals surface area contributed by atoms with E-state index < -0.39 is 17.8 Å². The van der Waals surface area contributed by atoms with Crippen molar-refractivity contribution in [3.8, 4) is 0 Å². The van der Waals surface area contributed by atoms with E-state index in [2.05, 4.69) is 15.2 Å². The molecule has 0 radical (unpaired) electrons. The highest BCUT2D eigenvalue weighted by Gasteiger charge is 2.36. The Kier molecular flexibility index (Phi) is 4.36. The number of hydrogen-bond acceptors (Lipinski definition) is 5. The summed E-state index contributed by atoms with van der Waals surface area (Å²) < 4.78 is 40.0. The van der Waals surface area contributed by atoms with Crippen LogP contribution in [-0.2, 0) is 13.2 Å². The zero-order valence-electron chi connectivity index (χ0n) is 13.5. The molecule has 25 heavy (non-hydrogen) atoms. The molecule has 1 atom stereocenters. The van der Waals surface area contributed by atoms with Gasteiger partial charge in [-0.05, 0) is 25.0 Å². The van der Waals surface area contributed by atoms with Gasteiger partial charge in [0, 0.05) is 32.3 Å². The number of nitrogens with two attached hydrogens (primary N) is 1. The minimum atomic E-state index is -4.46. The monoisotopic (exact) mass is 354 g/mol. The van der Waals surface area contributed by atoms with E-state index in [0.717, 1.165) is 19.0 Å². The zero-order valence-corrected chi connectivity index (χ0v) is 13.5. The summed E-state index contributed by atoms with van der Waals surface area (Å²) >= 11 is 0. The molecule has 2 aromatic rings. The summed E-state index contributed by atoms with van der Waals surface area (Å²) in [7, 11) is 1.57. The number of carbonyl (C=O) groups excluding carboxylic acids is 1. The first-order chi connectivity index (χ1) is 11.8. The number of piperidine rings is 1. The van der Waals surface area contributed by atoms with Gasteiger partial charge >= 0.3 is 6.18 Å². The number of anilines is 1. The third-order valence-corrected chi connectivity index (χ3v) is 4.22. The smallest absolute Gasteiger partial charge is 0.364 e. The second kappa shape index (κ2) is 6.34. The number of imidazole rings is 1. The van der Waals surface area contributed by atoms with E-state index in [1.165, 1.54) is 10.6 Å². The summed E-state index contributed by atoms with van der Waals surface area (Å²) in [6.45, 7) is 1.18. The molecule has 0 aromatic carbocycles. The minimum Gasteiger partial charge on any atom is -0.364 e. The summed E-state index contributed by atoms with van der Waals surface area (Å²) in [4.78, 5) is 16.8. The first-order valence-electron chi connectivity index (χ1n) is 7.74. The Balaban J connectivity index is 1.79. The van der Waals surface area contributed by atoms with E-state index in [4.69, 9.17) is 5.73 Å². The normalized spacial score (nSPS) is 18.4. The number of alkyl halides is 3. The van der Waals surface area contributed by atoms with Gasteiger partial charge in [0.1, 0.15) is 5.82 Å². The SMILES string of the molecule is Cn1cc(C(F)(F)F)nc1C1CCCN(c2ccc(C(N)=O)nn2)C1. The molecule has 1 aliphatic rings. The summed E-state index contributed by atoms with van der Waals surface area (Å²) in [6, 6.07) is 3.12. The average Bonchev–Trinajstić information content (AvgIpc) is 2.97. The lowest BCUT2D eigenvalue weighted by molar-refractivity contribution is -0.141. The maximum absolute atomic E-state index is 12.9. The number of amides is 1. The summed E-state index contributed by atoms with van der Waals surface area (Å²) in [5.41, 5.74) is 4.32. The number of halogens is 3. The average molecular weight is 354 g/mol. The van der Waals surface area contributed by atoms with Crippen LogP contribution >= 0.6 is 0 Å². The predicted molar refractivity (Wildman–Crippen MR) is 82.9 cm³/mol. The van der Waals surface area contributed by atoms with E-state index in [0.29, 0.717) is 24.7 Å². The molecule has 1 amide bonds. The molecule has 0 spiro atoms. The van der Waals surface area contributed by atoms with Gasteiger partial charge in [-0.15, -0.1) is 10.2 Å². The summed E-state index contributed by atoms with van der Waals surface area (Å²) in [6.07, 6.45) is -1.92. The van der Waals surface area contributed by atoms with E-state index in [1.54, 1.807) is 13.1 Å². The second-order valence-corrected chi connectivity index (χ2v) is 6.02. The lowest BCUT2D eigenvalue weighted by Crippen LogP contribution is -2.36. The molecule has 10 heteroatoms. The van der Waals surface area contributed by atoms with Gasteiger partial charge in [0.15, 0.2) is 17.2 Å². The third-order valence-electron chi connectivity index (χ3n) is 4.22. The lowest BCUT2D eigenvalue weighted by Gasteiger charge is -2.32. The van der Waals surface area contributed by atoms with Crippen molar-refractivity contribution < 1.29 is 18.0 Å². The molecule has 3 heterocycles. The van der Waals surface area contributed by atoms with Gasteiger partial charge in [-0.25, -0.2) is 4.98 Å². The molecule has 1 unspecified atom stereocenters. The van der Waals surface area contributed by atoms with Gasteiger partial charge in [-0.2, -0.15) is 13.2 Å². The van der Waals surface area contributed by atoms with Gasteiger partial charge in [-0.3, -0.25) is 4.79 Å².